The number of benzene rings is 3. The van der Waals surface area contributed by atoms with Crippen LogP contribution in [0.4, 0.5) is 0 Å². The maximum Gasteiger partial charge on any atom is 0.340 e. The second-order valence-electron chi connectivity index (χ2n) is 8.39. The molecule has 0 aliphatic heterocycles. The van der Waals surface area contributed by atoms with Gasteiger partial charge in [0.1, 0.15) is 40.1 Å². The maximum atomic E-state index is 13.6. The van der Waals surface area contributed by atoms with Gasteiger partial charge in [-0.05, 0) is 44.2 Å². The van der Waals surface area contributed by atoms with Gasteiger partial charge in [0, 0.05) is 17.2 Å². The van der Waals surface area contributed by atoms with E-state index in [0.717, 1.165) is 19.3 Å². The lowest BCUT2D eigenvalue weighted by Crippen LogP contribution is -2.16. The molecule has 5 aromatic rings. The predicted octanol–water partition coefficient (Wildman–Crippen LogP) is 4.23. The number of fused-ring (bicyclic) bond motifs is 3. The Morgan fingerprint density at radius 3 is 2.19 bits per heavy atom. The highest BCUT2D eigenvalue weighted by Crippen LogP contribution is 2.36. The third kappa shape index (κ3) is 3.46. The number of Topliss-reactive ketones (excluding diaryl/α,β-unsaturated/α-hetero) is 2. The van der Waals surface area contributed by atoms with Crippen LogP contribution in [0, 0.1) is 0 Å². The first kappa shape index (κ1) is 23.5. The van der Waals surface area contributed by atoms with E-state index in [1.165, 1.54) is 37.3 Å². The summed E-state index contributed by atoms with van der Waals surface area (Å²) >= 11 is 0. The quantitative estimate of drug-likeness (QED) is 0.239. The Kier molecular flexibility index (Phi) is 5.18. The molecule has 0 spiro atoms. The average molecular weight is 500 g/mol. The van der Waals surface area contributed by atoms with E-state index in [2.05, 4.69) is 0 Å². The van der Waals surface area contributed by atoms with E-state index >= 15 is 0 Å². The predicted molar refractivity (Wildman–Crippen MR) is 132 cm³/mol. The number of phenols is 2. The second kappa shape index (κ2) is 8.16. The van der Waals surface area contributed by atoms with E-state index in [1.54, 1.807) is 0 Å². The Labute approximate surface area is 205 Å². The first-order valence-electron chi connectivity index (χ1n) is 10.8. The molecule has 0 aliphatic carbocycles. The van der Waals surface area contributed by atoms with E-state index in [-0.39, 0.29) is 55.5 Å². The lowest BCUT2D eigenvalue weighted by molar-refractivity contribution is 0.0695. The van der Waals surface area contributed by atoms with E-state index < -0.39 is 45.1 Å². The summed E-state index contributed by atoms with van der Waals surface area (Å²) in [5, 5.41) is 29.1. The van der Waals surface area contributed by atoms with E-state index in [0.29, 0.717) is 0 Å². The molecular formula is C27H16O10. The van der Waals surface area contributed by atoms with Crippen LogP contribution in [0.1, 0.15) is 44.9 Å². The molecule has 37 heavy (non-hydrogen) atoms. The average Bonchev–Trinajstić information content (AvgIpc) is 2.83. The number of carbonyl (C=O) groups is 3. The molecule has 0 saturated carbocycles. The molecule has 3 aromatic carbocycles. The number of ketones is 2. The molecule has 0 amide bonds. The molecule has 2 aromatic heterocycles. The number of phenolic OH excluding ortho intramolecular Hbond substituents is 1. The molecule has 184 valence electrons. The van der Waals surface area contributed by atoms with Gasteiger partial charge in [0.2, 0.25) is 10.9 Å². The van der Waals surface area contributed by atoms with Gasteiger partial charge < -0.3 is 24.2 Å². The van der Waals surface area contributed by atoms with E-state index in [1.807, 2.05) is 0 Å². The number of rotatable bonds is 4. The van der Waals surface area contributed by atoms with Crippen LogP contribution in [0.15, 0.2) is 61.1 Å². The molecule has 0 saturated heterocycles. The van der Waals surface area contributed by atoms with Crippen molar-refractivity contribution in [2.75, 3.05) is 0 Å². The Balaban J connectivity index is 2.04. The van der Waals surface area contributed by atoms with Gasteiger partial charge in [0.05, 0.1) is 27.3 Å². The number of aromatic carboxylic acids is 1. The van der Waals surface area contributed by atoms with Gasteiger partial charge in [-0.2, -0.15) is 0 Å². The van der Waals surface area contributed by atoms with Gasteiger partial charge in [-0.1, -0.05) is 0 Å². The lowest BCUT2D eigenvalue weighted by atomic mass is 9.88. The first-order valence-corrected chi connectivity index (χ1v) is 10.8. The van der Waals surface area contributed by atoms with Gasteiger partial charge in [0.15, 0.2) is 11.6 Å². The highest BCUT2D eigenvalue weighted by atomic mass is 16.4. The molecule has 0 atom stereocenters. The summed E-state index contributed by atoms with van der Waals surface area (Å²) in [5.74, 6) is -3.74. The highest BCUT2D eigenvalue weighted by molar-refractivity contribution is 6.17. The minimum absolute atomic E-state index is 0.0369. The molecule has 2 heterocycles. The van der Waals surface area contributed by atoms with Crippen molar-refractivity contribution in [2.24, 2.45) is 0 Å². The van der Waals surface area contributed by atoms with Crippen molar-refractivity contribution in [3.05, 3.63) is 79.8 Å². The molecule has 5 rings (SSSR count). The normalized spacial score (nSPS) is 11.3. The minimum atomic E-state index is -1.60. The molecule has 10 heteroatoms. The third-order valence-corrected chi connectivity index (χ3v) is 6.08. The number of carboxylic acids is 1. The summed E-state index contributed by atoms with van der Waals surface area (Å²) in [6.45, 7) is 2.32. The standard InChI is InChI=1S/C27H16O10/c1-10(28)14-8-15-24(32)13-4-3-12(30)7-19(13)37-26(15)20(11(2)29)21(14)16-9-36-18-6-5-17(31)22(27(34)35)23(18)25(16)33/h3-9,30-31H,1-2H3,(H,34,35). The van der Waals surface area contributed by atoms with Crippen molar-refractivity contribution in [3.8, 4) is 22.6 Å². The summed E-state index contributed by atoms with van der Waals surface area (Å²) in [4.78, 5) is 64.4. The smallest absolute Gasteiger partial charge is 0.340 e. The Hall–Kier alpha value is -5.25. The van der Waals surface area contributed by atoms with Crippen molar-refractivity contribution < 1.29 is 38.5 Å². The summed E-state index contributed by atoms with van der Waals surface area (Å²) in [7, 11) is 0. The molecule has 0 unspecified atom stereocenters. The summed E-state index contributed by atoms with van der Waals surface area (Å²) in [5.41, 5.74) is -3.66. The maximum absolute atomic E-state index is 13.6. The van der Waals surface area contributed by atoms with Crippen LogP contribution in [0.3, 0.4) is 0 Å². The number of carboxylic acid groups (broad SMARTS) is 1. The molecule has 0 bridgehead atoms. The second-order valence-corrected chi connectivity index (χ2v) is 8.39. The summed E-state index contributed by atoms with van der Waals surface area (Å²) < 4.78 is 11.3. The number of carbonyl (C=O) groups excluding carboxylic acids is 2. The van der Waals surface area contributed by atoms with Crippen molar-refractivity contribution in [2.45, 2.75) is 13.8 Å². The number of hydrogen-bond donors (Lipinski definition) is 3. The van der Waals surface area contributed by atoms with E-state index in [9.17, 15) is 39.3 Å². The Bertz CT molecular complexity index is 1970. The lowest BCUT2D eigenvalue weighted by Gasteiger charge is -2.15. The SMILES string of the molecule is CC(=O)c1cc2c(=O)c3ccc(O)cc3oc2c(C(C)=O)c1-c1coc2ccc(O)c(C(=O)O)c2c1=O. The topological polar surface area (TPSA) is 172 Å². The van der Waals surface area contributed by atoms with Crippen molar-refractivity contribution in [3.63, 3.8) is 0 Å². The van der Waals surface area contributed by atoms with Crippen molar-refractivity contribution in [1.29, 1.82) is 0 Å². The van der Waals surface area contributed by atoms with Crippen LogP contribution in [0.25, 0.3) is 44.0 Å². The van der Waals surface area contributed by atoms with Crippen LogP contribution < -0.4 is 10.9 Å². The van der Waals surface area contributed by atoms with Gasteiger partial charge in [-0.15, -0.1) is 0 Å². The molecule has 0 radical (unpaired) electrons. The largest absolute Gasteiger partial charge is 0.508 e. The zero-order chi connectivity index (χ0) is 26.8. The van der Waals surface area contributed by atoms with Gasteiger partial charge in [0.25, 0.3) is 0 Å². The fraction of sp³-hybridized carbons (Fsp3) is 0.0741. The number of hydrogen-bond acceptors (Lipinski definition) is 9. The fourth-order valence-corrected chi connectivity index (χ4v) is 4.47. The van der Waals surface area contributed by atoms with Crippen molar-refractivity contribution in [1.82, 2.24) is 0 Å². The molecule has 0 fully saturated rings. The third-order valence-electron chi connectivity index (χ3n) is 6.08. The van der Waals surface area contributed by atoms with Crippen LogP contribution in [0.2, 0.25) is 0 Å². The van der Waals surface area contributed by atoms with Gasteiger partial charge in [-0.3, -0.25) is 19.2 Å². The van der Waals surface area contributed by atoms with Crippen molar-refractivity contribution >= 4 is 50.4 Å². The van der Waals surface area contributed by atoms with Crippen LogP contribution in [-0.4, -0.2) is 32.9 Å². The highest BCUT2D eigenvalue weighted by Gasteiger charge is 2.28. The molecule has 10 nitrogen and oxygen atoms in total. The molecule has 0 aliphatic rings. The van der Waals surface area contributed by atoms with E-state index in [4.69, 9.17) is 8.83 Å². The van der Waals surface area contributed by atoms with Crippen LogP contribution in [0.5, 0.6) is 11.5 Å². The molecular weight excluding hydrogens is 484 g/mol. The number of aromatic hydroxyl groups is 2. The summed E-state index contributed by atoms with van der Waals surface area (Å²) in [6, 6.07) is 7.27. The van der Waals surface area contributed by atoms with Crippen LogP contribution in [-0.2, 0) is 0 Å². The Morgan fingerprint density at radius 2 is 1.54 bits per heavy atom. The van der Waals surface area contributed by atoms with Gasteiger partial charge in [-0.25, -0.2) is 4.79 Å². The fourth-order valence-electron chi connectivity index (χ4n) is 4.47. The monoisotopic (exact) mass is 500 g/mol. The Morgan fingerprint density at radius 1 is 0.811 bits per heavy atom. The van der Waals surface area contributed by atoms with Gasteiger partial charge >= 0.3 is 5.97 Å². The minimum Gasteiger partial charge on any atom is -0.508 e. The molecule has 3 N–H and O–H groups in total. The first-order chi connectivity index (χ1) is 17.5. The summed E-state index contributed by atoms with van der Waals surface area (Å²) in [6.07, 6.45) is 0.971. The zero-order valence-electron chi connectivity index (χ0n) is 19.2. The van der Waals surface area contributed by atoms with Crippen LogP contribution >= 0.6 is 0 Å². The zero-order valence-corrected chi connectivity index (χ0v) is 19.2.